The van der Waals surface area contributed by atoms with Crippen LogP contribution in [0, 0.1) is 0 Å². The zero-order valence-electron chi connectivity index (χ0n) is 24.9. The van der Waals surface area contributed by atoms with Gasteiger partial charge in [0.25, 0.3) is 0 Å². The molecule has 0 aliphatic rings. The highest BCUT2D eigenvalue weighted by atomic mass is 35.5. The predicted molar refractivity (Wildman–Crippen MR) is 172 cm³/mol. The van der Waals surface area contributed by atoms with Crippen LogP contribution in [0.3, 0.4) is 0 Å². The van der Waals surface area contributed by atoms with Crippen LogP contribution in [0.1, 0.15) is 57.2 Å². The molecule has 3 aromatic carbocycles. The second-order valence-corrected chi connectivity index (χ2v) is 14.5. The molecular formula is C32H39Cl2N3O4S. The molecule has 3 aromatic rings. The topological polar surface area (TPSA) is 86.8 Å². The minimum Gasteiger partial charge on any atom is -0.350 e. The molecule has 1 unspecified atom stereocenters. The Bertz CT molecular complexity index is 1490. The molecule has 1 N–H and O–H groups in total. The van der Waals surface area contributed by atoms with Crippen molar-refractivity contribution in [3.05, 3.63) is 99.5 Å². The Morgan fingerprint density at radius 2 is 1.55 bits per heavy atom. The van der Waals surface area contributed by atoms with Crippen LogP contribution in [0.5, 0.6) is 0 Å². The van der Waals surface area contributed by atoms with E-state index in [1.54, 1.807) is 30.3 Å². The maximum Gasteiger partial charge on any atom is 0.244 e. The molecule has 42 heavy (non-hydrogen) atoms. The van der Waals surface area contributed by atoms with Gasteiger partial charge in [-0.2, -0.15) is 0 Å². The van der Waals surface area contributed by atoms with Crippen molar-refractivity contribution < 1.29 is 18.0 Å². The molecule has 3 rings (SSSR count). The fourth-order valence-electron chi connectivity index (χ4n) is 4.48. The number of rotatable bonds is 11. The van der Waals surface area contributed by atoms with Crippen LogP contribution in [0.15, 0.2) is 72.8 Å². The molecule has 0 saturated heterocycles. The fourth-order valence-corrected chi connectivity index (χ4v) is 5.80. The third-order valence-corrected chi connectivity index (χ3v) is 8.38. The SMILES string of the molecule is CC(C)c1ccc(N(CC(=O)N(Cc2ccc(Cl)cc2Cl)C(Cc2ccccc2)C(=O)NC(C)(C)C)S(C)(=O)=O)cc1. The minimum absolute atomic E-state index is 0.0339. The van der Waals surface area contributed by atoms with Gasteiger partial charge >= 0.3 is 0 Å². The fraction of sp³-hybridized carbons (Fsp3) is 0.375. The summed E-state index contributed by atoms with van der Waals surface area (Å²) in [6, 6.07) is 20.4. The molecule has 2 amide bonds. The average Bonchev–Trinajstić information content (AvgIpc) is 2.89. The summed E-state index contributed by atoms with van der Waals surface area (Å²) in [5.74, 6) is -0.659. The molecule has 0 spiro atoms. The molecule has 10 heteroatoms. The average molecular weight is 633 g/mol. The molecule has 0 fully saturated rings. The van der Waals surface area contributed by atoms with Gasteiger partial charge in [0.1, 0.15) is 12.6 Å². The van der Waals surface area contributed by atoms with Crippen molar-refractivity contribution in [3.8, 4) is 0 Å². The van der Waals surface area contributed by atoms with Gasteiger partial charge < -0.3 is 10.2 Å². The zero-order valence-corrected chi connectivity index (χ0v) is 27.2. The Morgan fingerprint density at radius 3 is 2.07 bits per heavy atom. The van der Waals surface area contributed by atoms with E-state index < -0.39 is 34.1 Å². The van der Waals surface area contributed by atoms with E-state index in [0.29, 0.717) is 21.3 Å². The van der Waals surface area contributed by atoms with E-state index in [4.69, 9.17) is 23.2 Å². The first-order valence-corrected chi connectivity index (χ1v) is 16.3. The van der Waals surface area contributed by atoms with Crippen molar-refractivity contribution >= 4 is 50.7 Å². The van der Waals surface area contributed by atoms with Gasteiger partial charge in [-0.25, -0.2) is 8.42 Å². The summed E-state index contributed by atoms with van der Waals surface area (Å²) < 4.78 is 27.0. The number of anilines is 1. The monoisotopic (exact) mass is 631 g/mol. The molecular weight excluding hydrogens is 593 g/mol. The summed E-state index contributed by atoms with van der Waals surface area (Å²) in [6.07, 6.45) is 1.27. The highest BCUT2D eigenvalue weighted by molar-refractivity contribution is 7.92. The molecule has 0 aromatic heterocycles. The lowest BCUT2D eigenvalue weighted by Crippen LogP contribution is -2.56. The first kappa shape index (κ1) is 33.4. The summed E-state index contributed by atoms with van der Waals surface area (Å²) in [6.45, 7) is 9.13. The number of carbonyl (C=O) groups excluding carboxylic acids is 2. The van der Waals surface area contributed by atoms with E-state index in [-0.39, 0.29) is 24.8 Å². The Kier molecular flexibility index (Phi) is 11.1. The number of nitrogens with one attached hydrogen (secondary N) is 1. The quantitative estimate of drug-likeness (QED) is 0.264. The van der Waals surface area contributed by atoms with Crippen LogP contribution in [0.4, 0.5) is 5.69 Å². The van der Waals surface area contributed by atoms with E-state index in [1.807, 2.05) is 77.1 Å². The maximum absolute atomic E-state index is 14.2. The van der Waals surface area contributed by atoms with Crippen LogP contribution in [-0.4, -0.2) is 49.5 Å². The van der Waals surface area contributed by atoms with Gasteiger partial charge in [-0.1, -0.05) is 85.6 Å². The summed E-state index contributed by atoms with van der Waals surface area (Å²) in [5, 5.41) is 3.76. The lowest BCUT2D eigenvalue weighted by Gasteiger charge is -2.35. The van der Waals surface area contributed by atoms with Gasteiger partial charge in [0.2, 0.25) is 21.8 Å². The molecule has 1 atom stereocenters. The summed E-state index contributed by atoms with van der Waals surface area (Å²) >= 11 is 12.6. The largest absolute Gasteiger partial charge is 0.350 e. The zero-order chi connectivity index (χ0) is 31.2. The highest BCUT2D eigenvalue weighted by Crippen LogP contribution is 2.26. The minimum atomic E-state index is -3.86. The third-order valence-electron chi connectivity index (χ3n) is 6.65. The van der Waals surface area contributed by atoms with Gasteiger partial charge in [-0.3, -0.25) is 13.9 Å². The lowest BCUT2D eigenvalue weighted by atomic mass is 10.0. The van der Waals surface area contributed by atoms with E-state index >= 15 is 0 Å². The normalized spacial score (nSPS) is 12.6. The van der Waals surface area contributed by atoms with Crippen LogP contribution in [0.2, 0.25) is 10.0 Å². The van der Waals surface area contributed by atoms with Crippen molar-refractivity contribution in [2.45, 2.75) is 65.1 Å². The third kappa shape index (κ3) is 9.48. The van der Waals surface area contributed by atoms with E-state index in [1.165, 1.54) is 4.90 Å². The van der Waals surface area contributed by atoms with Gasteiger partial charge in [-0.05, 0) is 67.6 Å². The standard InChI is InChI=1S/C32H39Cl2N3O4S/c1-22(2)24-13-16-27(17-14-24)37(42(6,40)41)21-30(38)36(20-25-12-15-26(33)19-28(25)34)29(31(39)35-32(3,4)5)18-23-10-8-7-9-11-23/h7-17,19,22,29H,18,20-21H2,1-6H3,(H,35,39). The Hall–Kier alpha value is -3.07. The smallest absolute Gasteiger partial charge is 0.244 e. The Labute approximate surface area is 259 Å². The van der Waals surface area contributed by atoms with Gasteiger partial charge in [-0.15, -0.1) is 0 Å². The number of hydrogen-bond donors (Lipinski definition) is 1. The van der Waals surface area contributed by atoms with Crippen LogP contribution in [-0.2, 0) is 32.6 Å². The summed E-state index contributed by atoms with van der Waals surface area (Å²) in [4.78, 5) is 29.4. The Morgan fingerprint density at radius 1 is 0.929 bits per heavy atom. The summed E-state index contributed by atoms with van der Waals surface area (Å²) in [7, 11) is -3.86. The van der Waals surface area contributed by atoms with Crippen LogP contribution < -0.4 is 9.62 Å². The number of halogens is 2. The van der Waals surface area contributed by atoms with E-state index in [0.717, 1.165) is 21.7 Å². The van der Waals surface area contributed by atoms with Gasteiger partial charge in [0, 0.05) is 28.5 Å². The van der Waals surface area contributed by atoms with Crippen molar-refractivity contribution in [2.24, 2.45) is 0 Å². The second-order valence-electron chi connectivity index (χ2n) is 11.7. The van der Waals surface area contributed by atoms with E-state index in [2.05, 4.69) is 5.32 Å². The summed E-state index contributed by atoms with van der Waals surface area (Å²) in [5.41, 5.74) is 2.24. The molecule has 0 aliphatic heterocycles. The first-order valence-electron chi connectivity index (χ1n) is 13.7. The van der Waals surface area contributed by atoms with Crippen LogP contribution in [0.25, 0.3) is 0 Å². The highest BCUT2D eigenvalue weighted by Gasteiger charge is 2.34. The number of carbonyl (C=O) groups is 2. The number of nitrogens with zero attached hydrogens (tertiary/aromatic N) is 2. The van der Waals surface area contributed by atoms with Crippen molar-refractivity contribution in [3.63, 3.8) is 0 Å². The lowest BCUT2D eigenvalue weighted by molar-refractivity contribution is -0.140. The molecule has 0 heterocycles. The van der Waals surface area contributed by atoms with Crippen molar-refractivity contribution in [2.75, 3.05) is 17.1 Å². The maximum atomic E-state index is 14.2. The van der Waals surface area contributed by atoms with Gasteiger partial charge in [0.15, 0.2) is 0 Å². The molecule has 0 aliphatic carbocycles. The predicted octanol–water partition coefficient (Wildman–Crippen LogP) is 6.44. The number of sulfonamides is 1. The molecule has 0 radical (unpaired) electrons. The molecule has 0 saturated carbocycles. The van der Waals surface area contributed by atoms with E-state index in [9.17, 15) is 18.0 Å². The first-order chi connectivity index (χ1) is 19.5. The molecule has 226 valence electrons. The molecule has 0 bridgehead atoms. The Balaban J connectivity index is 2.09. The van der Waals surface area contributed by atoms with Crippen LogP contribution >= 0.6 is 23.2 Å². The number of amides is 2. The number of hydrogen-bond acceptors (Lipinski definition) is 4. The van der Waals surface area contributed by atoms with Crippen molar-refractivity contribution in [1.82, 2.24) is 10.2 Å². The molecule has 7 nitrogen and oxygen atoms in total. The number of benzene rings is 3. The van der Waals surface area contributed by atoms with Crippen molar-refractivity contribution in [1.29, 1.82) is 0 Å². The van der Waals surface area contributed by atoms with Gasteiger partial charge in [0.05, 0.1) is 11.9 Å². The second kappa shape index (κ2) is 13.9.